The smallest absolute Gasteiger partial charge is 0.247 e. The molecule has 0 atom stereocenters. The minimum Gasteiger partial charge on any atom is -0.434 e. The fraction of sp³-hybridized carbons (Fsp3) is 0.316. The van der Waals surface area contributed by atoms with Gasteiger partial charge in [-0.3, -0.25) is 4.79 Å². The van der Waals surface area contributed by atoms with Crippen LogP contribution in [0.4, 0.5) is 0 Å². The number of rotatable bonds is 7. The number of carbonyl (C=O) groups excluding carboxylic acids is 1. The first kappa shape index (κ1) is 19.4. The van der Waals surface area contributed by atoms with Gasteiger partial charge in [0.1, 0.15) is 0 Å². The number of fused-ring (bicyclic) bond motifs is 1. The lowest BCUT2D eigenvalue weighted by atomic mass is 10.1. The number of amides is 1. The molecule has 0 saturated carbocycles. The number of pyridine rings is 1. The number of nitrogens with one attached hydrogen (secondary N) is 1. The fourth-order valence-electron chi connectivity index (χ4n) is 2.23. The standard InChI is InChI=1S/C19H25N5O2/c1-5-14(19-23-17-16(26-19)7-6-8-21-17)12-15(20)11-13(2)18(25)22-9-10-24(3)4/h5-8,11-12H,9-10,20H2,1-4H3,(H,22,25)/b13-11+,14-5+,15-12+. The Morgan fingerprint density at radius 2 is 2.15 bits per heavy atom. The number of likely N-dealkylation sites (N-methyl/N-ethyl adjacent to an activating group) is 1. The lowest BCUT2D eigenvalue weighted by Gasteiger charge is -2.10. The lowest BCUT2D eigenvalue weighted by molar-refractivity contribution is -0.117. The minimum absolute atomic E-state index is 0.142. The van der Waals surface area contributed by atoms with E-state index in [0.29, 0.717) is 34.9 Å². The van der Waals surface area contributed by atoms with Gasteiger partial charge >= 0.3 is 0 Å². The molecule has 0 aromatic carbocycles. The first-order valence-corrected chi connectivity index (χ1v) is 8.37. The number of carbonyl (C=O) groups is 1. The lowest BCUT2D eigenvalue weighted by Crippen LogP contribution is -2.31. The van der Waals surface area contributed by atoms with Crippen LogP contribution < -0.4 is 11.1 Å². The van der Waals surface area contributed by atoms with Crippen molar-refractivity contribution in [3.05, 3.63) is 53.7 Å². The highest BCUT2D eigenvalue weighted by Crippen LogP contribution is 2.21. The van der Waals surface area contributed by atoms with E-state index in [0.717, 1.165) is 12.1 Å². The Morgan fingerprint density at radius 3 is 2.81 bits per heavy atom. The third-order valence-electron chi connectivity index (χ3n) is 3.63. The molecule has 7 heteroatoms. The summed E-state index contributed by atoms with van der Waals surface area (Å²) in [5.74, 6) is 0.293. The maximum Gasteiger partial charge on any atom is 0.247 e. The van der Waals surface area contributed by atoms with Gasteiger partial charge in [0, 0.05) is 36.1 Å². The van der Waals surface area contributed by atoms with Crippen LogP contribution >= 0.6 is 0 Å². The molecule has 1 amide bonds. The maximum absolute atomic E-state index is 12.1. The van der Waals surface area contributed by atoms with Crippen molar-refractivity contribution in [3.8, 4) is 0 Å². The van der Waals surface area contributed by atoms with Gasteiger partial charge in [-0.25, -0.2) is 4.98 Å². The van der Waals surface area contributed by atoms with E-state index in [1.807, 2.05) is 32.0 Å². The highest BCUT2D eigenvalue weighted by atomic mass is 16.3. The van der Waals surface area contributed by atoms with Gasteiger partial charge in [-0.05, 0) is 52.2 Å². The number of hydrogen-bond acceptors (Lipinski definition) is 6. The molecule has 0 aliphatic rings. The van der Waals surface area contributed by atoms with Crippen LogP contribution in [0, 0.1) is 0 Å². The molecule has 7 nitrogen and oxygen atoms in total. The molecular formula is C19H25N5O2. The molecule has 138 valence electrons. The van der Waals surface area contributed by atoms with E-state index >= 15 is 0 Å². The molecule has 0 spiro atoms. The first-order valence-electron chi connectivity index (χ1n) is 8.37. The number of nitrogens with two attached hydrogens (primary N) is 1. The second-order valence-electron chi connectivity index (χ2n) is 6.12. The summed E-state index contributed by atoms with van der Waals surface area (Å²) < 4.78 is 5.70. The summed E-state index contributed by atoms with van der Waals surface area (Å²) >= 11 is 0. The highest BCUT2D eigenvalue weighted by Gasteiger charge is 2.10. The molecule has 2 aromatic rings. The van der Waals surface area contributed by atoms with Crippen LogP contribution in [0.5, 0.6) is 0 Å². The molecule has 0 saturated heterocycles. The first-order chi connectivity index (χ1) is 12.4. The van der Waals surface area contributed by atoms with E-state index in [4.69, 9.17) is 10.2 Å². The predicted octanol–water partition coefficient (Wildman–Crippen LogP) is 2.09. The van der Waals surface area contributed by atoms with E-state index in [9.17, 15) is 4.79 Å². The van der Waals surface area contributed by atoms with Crippen molar-refractivity contribution in [2.24, 2.45) is 5.73 Å². The predicted molar refractivity (Wildman–Crippen MR) is 103 cm³/mol. The molecule has 0 aliphatic carbocycles. The zero-order valence-electron chi connectivity index (χ0n) is 15.6. The molecule has 26 heavy (non-hydrogen) atoms. The van der Waals surface area contributed by atoms with Gasteiger partial charge in [-0.2, -0.15) is 4.98 Å². The summed E-state index contributed by atoms with van der Waals surface area (Å²) in [6.45, 7) is 4.95. The van der Waals surface area contributed by atoms with Crippen molar-refractivity contribution in [2.75, 3.05) is 27.2 Å². The molecule has 2 rings (SSSR count). The van der Waals surface area contributed by atoms with Crippen LogP contribution in [0.2, 0.25) is 0 Å². The van der Waals surface area contributed by atoms with Gasteiger partial charge in [0.25, 0.3) is 0 Å². The van der Waals surface area contributed by atoms with Gasteiger partial charge < -0.3 is 20.4 Å². The largest absolute Gasteiger partial charge is 0.434 e. The molecule has 2 aromatic heterocycles. The Bertz CT molecular complexity index is 829. The van der Waals surface area contributed by atoms with Crippen molar-refractivity contribution < 1.29 is 9.21 Å². The second-order valence-corrected chi connectivity index (χ2v) is 6.12. The number of hydrogen-bond donors (Lipinski definition) is 2. The molecule has 0 bridgehead atoms. The Labute approximate surface area is 153 Å². The summed E-state index contributed by atoms with van der Waals surface area (Å²) in [6.07, 6.45) is 6.86. The summed E-state index contributed by atoms with van der Waals surface area (Å²) in [4.78, 5) is 22.6. The number of allylic oxidation sites excluding steroid dienone is 4. The normalized spacial score (nSPS) is 13.5. The minimum atomic E-state index is -0.142. The number of nitrogens with zero attached hydrogens (tertiary/aromatic N) is 3. The molecule has 0 radical (unpaired) electrons. The van der Waals surface area contributed by atoms with Gasteiger partial charge in [-0.1, -0.05) is 6.08 Å². The van der Waals surface area contributed by atoms with Crippen LogP contribution in [-0.4, -0.2) is 48.0 Å². The second kappa shape index (κ2) is 8.96. The summed E-state index contributed by atoms with van der Waals surface area (Å²) in [5, 5.41) is 2.85. The van der Waals surface area contributed by atoms with Crippen LogP contribution in [0.3, 0.4) is 0 Å². The van der Waals surface area contributed by atoms with Crippen molar-refractivity contribution in [1.82, 2.24) is 20.2 Å². The molecule has 0 fully saturated rings. The van der Waals surface area contributed by atoms with Crippen molar-refractivity contribution in [3.63, 3.8) is 0 Å². The van der Waals surface area contributed by atoms with Crippen LogP contribution in [0.1, 0.15) is 19.7 Å². The molecule has 3 N–H and O–H groups in total. The Hall–Kier alpha value is -2.93. The Balaban J connectivity index is 2.11. The van der Waals surface area contributed by atoms with Gasteiger partial charge in [-0.15, -0.1) is 0 Å². The maximum atomic E-state index is 12.1. The van der Waals surface area contributed by atoms with Crippen molar-refractivity contribution in [1.29, 1.82) is 0 Å². The fourth-order valence-corrected chi connectivity index (χ4v) is 2.23. The van der Waals surface area contributed by atoms with E-state index in [1.165, 1.54) is 0 Å². The average Bonchev–Trinajstić information content (AvgIpc) is 3.03. The van der Waals surface area contributed by atoms with Crippen molar-refractivity contribution >= 4 is 22.7 Å². The SMILES string of the molecule is C\C=C(/C=C(N)\C=C(/C)C(=O)NCCN(C)C)c1nc2ncccc2o1. The van der Waals surface area contributed by atoms with Gasteiger partial charge in [0.2, 0.25) is 11.8 Å². The van der Waals surface area contributed by atoms with Crippen LogP contribution in [0.15, 0.2) is 52.2 Å². The topological polar surface area (TPSA) is 97.3 Å². The highest BCUT2D eigenvalue weighted by molar-refractivity contribution is 5.93. The van der Waals surface area contributed by atoms with Gasteiger partial charge in [0.05, 0.1) is 0 Å². The quantitative estimate of drug-likeness (QED) is 0.583. The monoisotopic (exact) mass is 355 g/mol. The molecular weight excluding hydrogens is 330 g/mol. The van der Waals surface area contributed by atoms with E-state index in [-0.39, 0.29) is 5.91 Å². The average molecular weight is 355 g/mol. The van der Waals surface area contributed by atoms with E-state index in [2.05, 4.69) is 15.3 Å². The molecule has 0 unspecified atom stereocenters. The summed E-state index contributed by atoms with van der Waals surface area (Å²) in [7, 11) is 3.91. The summed E-state index contributed by atoms with van der Waals surface area (Å²) in [6, 6.07) is 3.60. The van der Waals surface area contributed by atoms with Crippen LogP contribution in [0.25, 0.3) is 16.8 Å². The third kappa shape index (κ3) is 5.29. The van der Waals surface area contributed by atoms with Crippen molar-refractivity contribution in [2.45, 2.75) is 13.8 Å². The molecule has 0 aliphatic heterocycles. The number of aromatic nitrogens is 2. The third-order valence-corrected chi connectivity index (χ3v) is 3.63. The Kier molecular flexibility index (Phi) is 6.68. The summed E-state index contributed by atoms with van der Waals surface area (Å²) in [5.41, 5.74) is 8.92. The zero-order valence-corrected chi connectivity index (χ0v) is 15.6. The number of oxazole rings is 1. The van der Waals surface area contributed by atoms with Gasteiger partial charge in [0.15, 0.2) is 11.2 Å². The van der Waals surface area contributed by atoms with E-state index < -0.39 is 0 Å². The van der Waals surface area contributed by atoms with Crippen LogP contribution in [-0.2, 0) is 4.79 Å². The Morgan fingerprint density at radius 1 is 1.38 bits per heavy atom. The molecule has 2 heterocycles. The van der Waals surface area contributed by atoms with E-state index in [1.54, 1.807) is 37.4 Å². The zero-order chi connectivity index (χ0) is 19.1.